The number of rotatable bonds is 7. The molecule has 2 aliphatic heterocycles. The predicted molar refractivity (Wildman–Crippen MR) is 139 cm³/mol. The smallest absolute Gasteiger partial charge is 0.303 e. The van der Waals surface area contributed by atoms with Gasteiger partial charge in [-0.05, 0) is 55.0 Å². The van der Waals surface area contributed by atoms with E-state index in [1.807, 2.05) is 31.2 Å². The number of hydrogen-bond acceptors (Lipinski definition) is 6. The SMILES string of the molecule is Cc1ccccc1Nc1nc2ccc(CC(=O)N3C[C@@H](F)C[C@H]3C(=O)N3CCC(CC(=O)O)CC3)cc2o1. The molecule has 0 aliphatic carbocycles. The van der Waals surface area contributed by atoms with Crippen LogP contribution >= 0.6 is 0 Å². The monoisotopic (exact) mass is 522 g/mol. The number of amides is 2. The Morgan fingerprint density at radius 2 is 1.92 bits per heavy atom. The lowest BCUT2D eigenvalue weighted by Crippen LogP contribution is -2.50. The van der Waals surface area contributed by atoms with E-state index < -0.39 is 18.2 Å². The summed E-state index contributed by atoms with van der Waals surface area (Å²) >= 11 is 0. The van der Waals surface area contributed by atoms with Crippen LogP contribution in [0.1, 0.15) is 36.8 Å². The van der Waals surface area contributed by atoms with Gasteiger partial charge in [0, 0.05) is 31.6 Å². The summed E-state index contributed by atoms with van der Waals surface area (Å²) in [5, 5.41) is 12.2. The number of halogens is 1. The Balaban J connectivity index is 1.24. The average molecular weight is 523 g/mol. The molecule has 2 saturated heterocycles. The minimum absolute atomic E-state index is 0.00831. The lowest BCUT2D eigenvalue weighted by Gasteiger charge is -2.35. The number of likely N-dealkylation sites (tertiary alicyclic amines) is 2. The molecule has 2 N–H and O–H groups in total. The number of nitrogens with zero attached hydrogens (tertiary/aromatic N) is 3. The first kappa shape index (κ1) is 25.7. The van der Waals surface area contributed by atoms with Gasteiger partial charge in [-0.15, -0.1) is 0 Å². The second kappa shape index (κ2) is 10.8. The molecule has 10 heteroatoms. The van der Waals surface area contributed by atoms with E-state index in [-0.39, 0.29) is 43.5 Å². The second-order valence-electron chi connectivity index (χ2n) is 10.2. The summed E-state index contributed by atoms with van der Waals surface area (Å²) in [5.41, 5.74) is 3.77. The number of benzene rings is 2. The van der Waals surface area contributed by atoms with E-state index in [2.05, 4.69) is 10.3 Å². The number of aryl methyl sites for hydroxylation is 1. The fourth-order valence-corrected chi connectivity index (χ4v) is 5.35. The Hall–Kier alpha value is -3.95. The summed E-state index contributed by atoms with van der Waals surface area (Å²) in [6.07, 6.45) is -0.0000319. The normalized spacial score (nSPS) is 20.2. The number of carboxylic acid groups (broad SMARTS) is 1. The molecule has 0 spiro atoms. The van der Waals surface area contributed by atoms with E-state index in [1.54, 1.807) is 23.1 Å². The van der Waals surface area contributed by atoms with Crippen molar-refractivity contribution in [3.63, 3.8) is 0 Å². The fourth-order valence-electron chi connectivity index (χ4n) is 5.35. The van der Waals surface area contributed by atoms with Crippen molar-refractivity contribution < 1.29 is 28.3 Å². The first-order valence-electron chi connectivity index (χ1n) is 12.9. The van der Waals surface area contributed by atoms with Crippen LogP contribution in [0.15, 0.2) is 46.9 Å². The number of carbonyl (C=O) groups is 3. The van der Waals surface area contributed by atoms with Gasteiger partial charge in [-0.2, -0.15) is 4.98 Å². The molecule has 3 aromatic rings. The zero-order chi connectivity index (χ0) is 26.8. The maximum atomic E-state index is 14.4. The maximum absolute atomic E-state index is 14.4. The number of aromatic nitrogens is 1. The Labute approximate surface area is 219 Å². The highest BCUT2D eigenvalue weighted by Crippen LogP contribution is 2.28. The highest BCUT2D eigenvalue weighted by atomic mass is 19.1. The number of hydrogen-bond donors (Lipinski definition) is 2. The summed E-state index contributed by atoms with van der Waals surface area (Å²) < 4.78 is 20.3. The van der Waals surface area contributed by atoms with Crippen molar-refractivity contribution >= 4 is 40.6 Å². The lowest BCUT2D eigenvalue weighted by molar-refractivity contribution is -0.145. The van der Waals surface area contributed by atoms with Gasteiger partial charge in [0.05, 0.1) is 13.0 Å². The zero-order valence-corrected chi connectivity index (χ0v) is 21.2. The van der Waals surface area contributed by atoms with Crippen LogP contribution in [0, 0.1) is 12.8 Å². The number of anilines is 2. The second-order valence-corrected chi connectivity index (χ2v) is 10.2. The topological polar surface area (TPSA) is 116 Å². The molecule has 3 heterocycles. The minimum atomic E-state index is -1.26. The van der Waals surface area contributed by atoms with Gasteiger partial charge >= 0.3 is 5.97 Å². The van der Waals surface area contributed by atoms with Gasteiger partial charge in [0.25, 0.3) is 6.01 Å². The Bertz CT molecular complexity index is 1350. The van der Waals surface area contributed by atoms with Crippen LogP contribution in [0.2, 0.25) is 0 Å². The summed E-state index contributed by atoms with van der Waals surface area (Å²) in [4.78, 5) is 44.9. The largest absolute Gasteiger partial charge is 0.481 e. The van der Waals surface area contributed by atoms with Crippen LogP contribution in [-0.4, -0.2) is 69.5 Å². The van der Waals surface area contributed by atoms with E-state index in [0.717, 1.165) is 11.3 Å². The van der Waals surface area contributed by atoms with Crippen molar-refractivity contribution in [1.29, 1.82) is 0 Å². The highest BCUT2D eigenvalue weighted by Gasteiger charge is 2.42. The van der Waals surface area contributed by atoms with E-state index >= 15 is 0 Å². The zero-order valence-electron chi connectivity index (χ0n) is 21.2. The summed E-state index contributed by atoms with van der Waals surface area (Å²) in [6.45, 7) is 2.72. The van der Waals surface area contributed by atoms with Gasteiger partial charge in [-0.1, -0.05) is 24.3 Å². The van der Waals surface area contributed by atoms with Gasteiger partial charge in [0.15, 0.2) is 5.58 Å². The molecule has 1 aromatic heterocycles. The molecular formula is C28H31FN4O5. The van der Waals surface area contributed by atoms with Crippen molar-refractivity contribution in [2.24, 2.45) is 5.92 Å². The summed E-state index contributed by atoms with van der Waals surface area (Å²) in [7, 11) is 0. The quantitative estimate of drug-likeness (QED) is 0.480. The molecular weight excluding hydrogens is 491 g/mol. The molecule has 2 aliphatic rings. The number of aliphatic carboxylic acids is 1. The maximum Gasteiger partial charge on any atom is 0.303 e. The Morgan fingerprint density at radius 3 is 2.66 bits per heavy atom. The third-order valence-electron chi connectivity index (χ3n) is 7.44. The fraction of sp³-hybridized carbons (Fsp3) is 0.429. The van der Waals surface area contributed by atoms with Crippen LogP contribution in [0.25, 0.3) is 11.1 Å². The molecule has 0 bridgehead atoms. The average Bonchev–Trinajstić information content (AvgIpc) is 3.47. The standard InChI is InChI=1S/C28H31FN4O5/c1-17-4-2-3-5-21(17)30-28-31-22-7-6-19(12-24(22)38-28)13-25(34)33-16-20(29)15-23(33)27(37)32-10-8-18(9-11-32)14-26(35)36/h2-7,12,18,20,23H,8-11,13-16H2,1H3,(H,30,31)(H,35,36)/t20-,23-/m0/s1. The van der Waals surface area contributed by atoms with Crippen LogP contribution < -0.4 is 5.32 Å². The van der Waals surface area contributed by atoms with Crippen molar-refractivity contribution in [2.45, 2.75) is 51.2 Å². The van der Waals surface area contributed by atoms with Gasteiger partial charge in [-0.3, -0.25) is 14.4 Å². The first-order valence-corrected chi connectivity index (χ1v) is 12.9. The van der Waals surface area contributed by atoms with Crippen LogP contribution in [0.4, 0.5) is 16.1 Å². The molecule has 200 valence electrons. The number of carboxylic acids is 1. The van der Waals surface area contributed by atoms with Crippen LogP contribution in [0.3, 0.4) is 0 Å². The van der Waals surface area contributed by atoms with E-state index in [9.17, 15) is 18.8 Å². The van der Waals surface area contributed by atoms with E-state index in [4.69, 9.17) is 9.52 Å². The van der Waals surface area contributed by atoms with Crippen molar-refractivity contribution in [3.05, 3.63) is 53.6 Å². The van der Waals surface area contributed by atoms with Gasteiger partial charge in [-0.25, -0.2) is 4.39 Å². The van der Waals surface area contributed by atoms with Crippen LogP contribution in [-0.2, 0) is 20.8 Å². The number of fused-ring (bicyclic) bond motifs is 1. The van der Waals surface area contributed by atoms with Crippen LogP contribution in [0.5, 0.6) is 0 Å². The van der Waals surface area contributed by atoms with E-state index in [0.29, 0.717) is 48.6 Å². The van der Waals surface area contributed by atoms with Gasteiger partial charge < -0.3 is 24.6 Å². The lowest BCUT2D eigenvalue weighted by atomic mass is 9.93. The molecule has 2 aromatic carbocycles. The predicted octanol–water partition coefficient (Wildman–Crippen LogP) is 4.07. The molecule has 0 unspecified atom stereocenters. The number of para-hydroxylation sites is 1. The third kappa shape index (κ3) is 5.64. The summed E-state index contributed by atoms with van der Waals surface area (Å²) in [6, 6.07) is 12.6. The Kier molecular flexibility index (Phi) is 7.31. The van der Waals surface area contributed by atoms with Crippen molar-refractivity contribution in [3.8, 4) is 0 Å². The minimum Gasteiger partial charge on any atom is -0.481 e. The van der Waals surface area contributed by atoms with Crippen molar-refractivity contribution in [2.75, 3.05) is 25.0 Å². The molecule has 2 atom stereocenters. The van der Waals surface area contributed by atoms with E-state index in [1.165, 1.54) is 4.90 Å². The van der Waals surface area contributed by atoms with Crippen molar-refractivity contribution in [1.82, 2.24) is 14.8 Å². The number of alkyl halides is 1. The Morgan fingerprint density at radius 1 is 1.16 bits per heavy atom. The number of carbonyl (C=O) groups excluding carboxylic acids is 2. The molecule has 0 saturated carbocycles. The first-order chi connectivity index (χ1) is 18.3. The summed E-state index contributed by atoms with van der Waals surface area (Å²) in [5.74, 6) is -1.39. The molecule has 9 nitrogen and oxygen atoms in total. The van der Waals surface area contributed by atoms with Gasteiger partial charge in [0.2, 0.25) is 11.8 Å². The molecule has 0 radical (unpaired) electrons. The molecule has 2 amide bonds. The molecule has 5 rings (SSSR count). The number of piperidine rings is 1. The third-order valence-corrected chi connectivity index (χ3v) is 7.44. The molecule has 38 heavy (non-hydrogen) atoms. The van der Waals surface area contributed by atoms with Gasteiger partial charge in [0.1, 0.15) is 17.7 Å². The number of oxazole rings is 1. The molecule has 2 fully saturated rings. The highest BCUT2D eigenvalue weighted by molar-refractivity contribution is 5.90. The number of nitrogens with one attached hydrogen (secondary N) is 1.